The molecule has 2 amide bonds. The predicted molar refractivity (Wildman–Crippen MR) is 192 cm³/mol. The third-order valence-corrected chi connectivity index (χ3v) is 13.4. The zero-order valence-electron chi connectivity index (χ0n) is 31.2. The number of halogens is 4. The van der Waals surface area contributed by atoms with E-state index in [9.17, 15) is 45.2 Å². The first-order chi connectivity index (χ1) is 25.7. The molecule has 3 fully saturated rings. The lowest BCUT2D eigenvalue weighted by Gasteiger charge is -2.33. The largest absolute Gasteiger partial charge is 0.472 e. The van der Waals surface area contributed by atoms with Crippen LogP contribution in [0, 0.1) is 34.9 Å². The molecule has 16 heteroatoms. The topological polar surface area (TPSA) is 149 Å². The Bertz CT molecular complexity index is 1980. The fraction of sp³-hybridized carbons (Fsp3) is 0.615. The van der Waals surface area contributed by atoms with Crippen molar-refractivity contribution in [1.29, 1.82) is 0 Å². The van der Waals surface area contributed by atoms with Crippen LogP contribution >= 0.6 is 0 Å². The van der Waals surface area contributed by atoms with Crippen LogP contribution in [0.5, 0.6) is 5.88 Å². The maximum absolute atomic E-state index is 14.7. The van der Waals surface area contributed by atoms with Crippen molar-refractivity contribution in [1.82, 2.24) is 14.6 Å². The van der Waals surface area contributed by atoms with Gasteiger partial charge in [-0.2, -0.15) is 13.2 Å². The highest BCUT2D eigenvalue weighted by Gasteiger charge is 2.62. The van der Waals surface area contributed by atoms with Gasteiger partial charge in [-0.15, -0.1) is 0 Å². The number of fused-ring (bicyclic) bond motifs is 3. The van der Waals surface area contributed by atoms with Crippen molar-refractivity contribution in [3.8, 4) is 5.88 Å². The SMILES string of the molecule is C[C@@H]1CC/C=C\[C@@H]2C[C@@]2(C(=O)NS(=O)(=O)C2CC2)CC(=O)[C@@H]2C[C@@H](Oc3nccc4ccc(F)cc34)CN2C(=O)[C@@H](CC(=O)OC(C)(C)C(F)(F)F)[C@H](C)C1. The van der Waals surface area contributed by atoms with E-state index in [1.807, 2.05) is 19.1 Å². The third kappa shape index (κ3) is 8.83. The summed E-state index contributed by atoms with van der Waals surface area (Å²) in [5, 5.41) is 0.293. The van der Waals surface area contributed by atoms with Crippen molar-refractivity contribution in [3.63, 3.8) is 0 Å². The van der Waals surface area contributed by atoms with Gasteiger partial charge < -0.3 is 14.4 Å². The molecule has 0 spiro atoms. The first kappa shape index (κ1) is 40.6. The van der Waals surface area contributed by atoms with Crippen LogP contribution in [0.4, 0.5) is 17.6 Å². The van der Waals surface area contributed by atoms with Gasteiger partial charge in [-0.3, -0.25) is 23.9 Å². The number of allylic oxidation sites excluding steroid dienone is 2. The van der Waals surface area contributed by atoms with Crippen LogP contribution in [0.25, 0.3) is 10.8 Å². The Labute approximate surface area is 317 Å². The van der Waals surface area contributed by atoms with E-state index in [-0.39, 0.29) is 31.2 Å². The van der Waals surface area contributed by atoms with Gasteiger partial charge in [0, 0.05) is 24.4 Å². The van der Waals surface area contributed by atoms with Gasteiger partial charge in [0.1, 0.15) is 11.9 Å². The van der Waals surface area contributed by atoms with E-state index in [1.165, 1.54) is 23.2 Å². The molecule has 0 radical (unpaired) electrons. The molecule has 55 heavy (non-hydrogen) atoms. The zero-order chi connectivity index (χ0) is 40.1. The van der Waals surface area contributed by atoms with Crippen molar-refractivity contribution in [2.75, 3.05) is 6.54 Å². The number of esters is 1. The maximum atomic E-state index is 14.7. The summed E-state index contributed by atoms with van der Waals surface area (Å²) in [7, 11) is -3.94. The molecule has 0 unspecified atom stereocenters. The second-order valence-corrected chi connectivity index (χ2v) is 18.3. The van der Waals surface area contributed by atoms with E-state index >= 15 is 0 Å². The van der Waals surface area contributed by atoms with E-state index in [4.69, 9.17) is 9.47 Å². The summed E-state index contributed by atoms with van der Waals surface area (Å²) in [6, 6.07) is 4.52. The number of nitrogens with zero attached hydrogens (tertiary/aromatic N) is 2. The summed E-state index contributed by atoms with van der Waals surface area (Å²) in [5.41, 5.74) is -4.21. The summed E-state index contributed by atoms with van der Waals surface area (Å²) in [6.45, 7) is 4.94. The third-order valence-electron chi connectivity index (χ3n) is 11.6. The van der Waals surface area contributed by atoms with E-state index in [2.05, 4.69) is 9.71 Å². The minimum atomic E-state index is -4.88. The summed E-state index contributed by atoms with van der Waals surface area (Å²) in [4.78, 5) is 61.7. The van der Waals surface area contributed by atoms with Crippen molar-refractivity contribution in [2.45, 2.75) is 115 Å². The highest BCUT2D eigenvalue weighted by Crippen LogP contribution is 2.57. The monoisotopic (exact) mass is 793 g/mol. The molecule has 2 aromatic rings. The lowest BCUT2D eigenvalue weighted by Crippen LogP contribution is -2.48. The summed E-state index contributed by atoms with van der Waals surface area (Å²) in [6.07, 6.45) is 0.988. The van der Waals surface area contributed by atoms with Gasteiger partial charge >= 0.3 is 12.1 Å². The van der Waals surface area contributed by atoms with Crippen molar-refractivity contribution in [3.05, 3.63) is 48.4 Å². The Kier molecular flexibility index (Phi) is 11.1. The van der Waals surface area contributed by atoms with Crippen molar-refractivity contribution >= 4 is 44.4 Å². The van der Waals surface area contributed by atoms with Crippen molar-refractivity contribution in [2.24, 2.45) is 29.1 Å². The fourth-order valence-electron chi connectivity index (χ4n) is 7.92. The molecule has 1 saturated heterocycles. The molecule has 11 nitrogen and oxygen atoms in total. The number of rotatable bonds is 8. The van der Waals surface area contributed by atoms with E-state index in [0.717, 1.165) is 13.8 Å². The van der Waals surface area contributed by atoms with Gasteiger partial charge in [0.15, 0.2) is 5.78 Å². The summed E-state index contributed by atoms with van der Waals surface area (Å²) >= 11 is 0. The second-order valence-electron chi connectivity index (χ2n) is 16.4. The Balaban J connectivity index is 1.35. The molecule has 3 heterocycles. The maximum Gasteiger partial charge on any atom is 0.427 e. The molecule has 2 aliphatic heterocycles. The van der Waals surface area contributed by atoms with Gasteiger partial charge in [0.05, 0.1) is 35.6 Å². The first-order valence-corrected chi connectivity index (χ1v) is 20.3. The molecular weight excluding hydrogens is 747 g/mol. The fourth-order valence-corrected chi connectivity index (χ4v) is 9.30. The number of hydrogen-bond acceptors (Lipinski definition) is 9. The number of benzene rings is 1. The second kappa shape index (κ2) is 15.1. The van der Waals surface area contributed by atoms with Gasteiger partial charge in [0.2, 0.25) is 33.3 Å². The van der Waals surface area contributed by atoms with Crippen LogP contribution in [-0.2, 0) is 33.9 Å². The van der Waals surface area contributed by atoms with Crippen LogP contribution in [0.2, 0.25) is 0 Å². The van der Waals surface area contributed by atoms with Crippen LogP contribution in [0.1, 0.15) is 85.5 Å². The molecule has 1 aromatic carbocycles. The standard InChI is InChI=1S/C39H47F4N3O8S/c1-22-7-5-6-8-25-19-38(25,36(50)45-55(51,52)28-11-12-28)20-32(47)31-17-27(53-34-30-16-26(40)10-9-24(30)13-14-44-34)21-46(31)35(49)29(23(2)15-22)18-33(48)54-37(3,4)39(41,42)43/h6,8-10,13-14,16,22-23,25,27-29,31H,5,7,11-12,15,17-21H2,1-4H3,(H,45,50)/b8-6-/t22-,23-,25-,27-,29+,31+,38-/m1/s1. The minimum absolute atomic E-state index is 0.00331. The lowest BCUT2D eigenvalue weighted by molar-refractivity contribution is -0.257. The number of carbonyl (C=O) groups excluding carboxylic acids is 4. The van der Waals surface area contributed by atoms with Crippen molar-refractivity contribution < 1.29 is 54.6 Å². The molecule has 6 rings (SSSR count). The number of aromatic nitrogens is 1. The van der Waals surface area contributed by atoms with E-state index in [1.54, 1.807) is 19.1 Å². The summed E-state index contributed by atoms with van der Waals surface area (Å²) < 4.78 is 94.4. The molecule has 2 aliphatic carbocycles. The van der Waals surface area contributed by atoms with Gasteiger partial charge in [0.25, 0.3) is 0 Å². The van der Waals surface area contributed by atoms with Crippen LogP contribution in [-0.4, -0.2) is 77.6 Å². The highest BCUT2D eigenvalue weighted by molar-refractivity contribution is 7.90. The average molecular weight is 794 g/mol. The van der Waals surface area contributed by atoms with Gasteiger partial charge in [-0.1, -0.05) is 32.1 Å². The van der Waals surface area contributed by atoms with Gasteiger partial charge in [-0.05, 0) is 93.7 Å². The molecule has 300 valence electrons. The highest BCUT2D eigenvalue weighted by atomic mass is 32.2. The number of sulfonamides is 1. The molecule has 1 N–H and O–H groups in total. The number of Topliss-reactive ketones (excluding diaryl/α,β-unsaturated/α-hetero) is 1. The Hall–Kier alpha value is -4.08. The van der Waals surface area contributed by atoms with Crippen LogP contribution in [0.15, 0.2) is 42.6 Å². The van der Waals surface area contributed by atoms with Gasteiger partial charge in [-0.25, -0.2) is 17.8 Å². The number of nitrogens with one attached hydrogen (secondary N) is 1. The zero-order valence-corrected chi connectivity index (χ0v) is 32.1. The van der Waals surface area contributed by atoms with E-state index < -0.39 is 105 Å². The minimum Gasteiger partial charge on any atom is -0.472 e. The Morgan fingerprint density at radius 1 is 1.07 bits per heavy atom. The normalized spacial score (nSPS) is 30.1. The number of carbonyl (C=O) groups is 4. The molecular formula is C39H47F4N3O8S. The number of ketones is 1. The first-order valence-electron chi connectivity index (χ1n) is 18.8. The number of alkyl halides is 3. The molecule has 7 atom stereocenters. The van der Waals surface area contributed by atoms with Crippen LogP contribution < -0.4 is 9.46 Å². The molecule has 2 saturated carbocycles. The average Bonchev–Trinajstić information content (AvgIpc) is 4.01. The number of hydrogen-bond donors (Lipinski definition) is 1. The predicted octanol–water partition coefficient (Wildman–Crippen LogP) is 6.20. The molecule has 0 bridgehead atoms. The van der Waals surface area contributed by atoms with E-state index in [0.29, 0.717) is 42.9 Å². The Morgan fingerprint density at radius 3 is 2.49 bits per heavy atom. The molecule has 4 aliphatic rings. The smallest absolute Gasteiger partial charge is 0.427 e. The number of ether oxygens (including phenoxy) is 2. The Morgan fingerprint density at radius 2 is 1.80 bits per heavy atom. The number of pyridine rings is 1. The summed E-state index contributed by atoms with van der Waals surface area (Å²) in [5.74, 6) is -5.86. The van der Waals surface area contributed by atoms with Crippen LogP contribution in [0.3, 0.4) is 0 Å². The number of amides is 2. The quantitative estimate of drug-likeness (QED) is 0.187. The lowest BCUT2D eigenvalue weighted by atomic mass is 9.82. The molecule has 1 aromatic heterocycles.